The lowest BCUT2D eigenvalue weighted by molar-refractivity contribution is -0.145. The third-order valence-corrected chi connectivity index (χ3v) is 17.6. The molecule has 3 aliphatic heterocycles. The predicted molar refractivity (Wildman–Crippen MR) is 353 cm³/mol. The van der Waals surface area contributed by atoms with Gasteiger partial charge in [0, 0.05) is 26.1 Å². The molecule has 3 aliphatic rings. The Balaban J connectivity index is 1.27. The fourth-order valence-electron chi connectivity index (χ4n) is 11.9. The Hall–Kier alpha value is -8.69. The summed E-state index contributed by atoms with van der Waals surface area (Å²) in [5.41, 5.74) is 13.3. The van der Waals surface area contributed by atoms with Gasteiger partial charge in [0.1, 0.15) is 72.5 Å². The number of nitrogens with one attached hydrogen (secondary N) is 9. The highest BCUT2D eigenvalue weighted by Gasteiger charge is 2.45. The molecule has 32 nitrogen and oxygen atoms in total. The molecule has 0 bridgehead atoms. The van der Waals surface area contributed by atoms with Crippen LogP contribution in [0.25, 0.3) is 0 Å². The SMILES string of the molecule is CC(C)[C@H](NC(=O)[C@@H]1CCCN1C(=O)[C@H](CO)NC(=O)[C@@H](N)Cc1ccccc1)C(=O)N[C@H](C(=O)N1CCC[C@H]1C(=O)N[C@@H](CCCCN)C(=O)N[C@@H](Cc1ccccc1)C(=O)N[C@H](C(=O)N1CCC[C@H]1C(=O)N[C@H](C(=O)N[C@@H](C)C(=O)N[C@@H](CO)C(=O)O)C(C)C)[C@@H](C)O)[C@@H](C)O. The first-order valence-electron chi connectivity index (χ1n) is 33.4. The topological polar surface area (TPSA) is 493 Å². The van der Waals surface area contributed by atoms with Gasteiger partial charge in [0.15, 0.2) is 0 Å². The van der Waals surface area contributed by atoms with Crippen molar-refractivity contribution in [2.24, 2.45) is 23.3 Å². The number of nitrogens with two attached hydrogens (primary N) is 2. The Bertz CT molecular complexity index is 3090. The number of aliphatic hydroxyl groups excluding tert-OH is 4. The molecule has 12 amide bonds. The van der Waals surface area contributed by atoms with Gasteiger partial charge in [-0.2, -0.15) is 0 Å². The van der Waals surface area contributed by atoms with Crippen LogP contribution < -0.4 is 59.3 Å². The summed E-state index contributed by atoms with van der Waals surface area (Å²) >= 11 is 0. The lowest BCUT2D eigenvalue weighted by Crippen LogP contribution is -2.63. The molecule has 0 aliphatic carbocycles. The van der Waals surface area contributed by atoms with Crippen LogP contribution in [0.5, 0.6) is 0 Å². The number of aliphatic hydroxyl groups is 4. The van der Waals surface area contributed by atoms with Gasteiger partial charge in [-0.05, 0) is 114 Å². The Morgan fingerprint density at radius 3 is 1.28 bits per heavy atom. The number of rotatable bonds is 36. The summed E-state index contributed by atoms with van der Waals surface area (Å²) < 4.78 is 0. The molecule has 32 heteroatoms. The van der Waals surface area contributed by atoms with Crippen LogP contribution in [0.15, 0.2) is 60.7 Å². The van der Waals surface area contributed by atoms with E-state index in [2.05, 4.69) is 47.9 Å². The van der Waals surface area contributed by atoms with E-state index in [4.69, 9.17) is 11.5 Å². The van der Waals surface area contributed by atoms with Crippen molar-refractivity contribution in [3.63, 3.8) is 0 Å². The summed E-state index contributed by atoms with van der Waals surface area (Å²) in [5.74, 6) is -12.6. The maximum Gasteiger partial charge on any atom is 0.328 e. The zero-order valence-electron chi connectivity index (χ0n) is 56.6. The van der Waals surface area contributed by atoms with Gasteiger partial charge in [-0.25, -0.2) is 4.79 Å². The van der Waals surface area contributed by atoms with E-state index in [1.54, 1.807) is 88.4 Å². The van der Waals surface area contributed by atoms with Gasteiger partial charge in [-0.1, -0.05) is 88.4 Å². The van der Waals surface area contributed by atoms with Gasteiger partial charge >= 0.3 is 5.97 Å². The van der Waals surface area contributed by atoms with Crippen LogP contribution in [0.1, 0.15) is 117 Å². The molecule has 0 saturated carbocycles. The highest BCUT2D eigenvalue weighted by molar-refractivity contribution is 6.00. The van der Waals surface area contributed by atoms with Crippen molar-refractivity contribution in [2.45, 2.75) is 210 Å². The number of benzene rings is 2. The number of hydrogen-bond donors (Lipinski definition) is 16. The summed E-state index contributed by atoms with van der Waals surface area (Å²) in [7, 11) is 0. The number of unbranched alkanes of at least 4 members (excludes halogenated alkanes) is 1. The number of carboxylic acids is 1. The molecule has 0 radical (unpaired) electrons. The lowest BCUT2D eigenvalue weighted by atomic mass is 10.0. The normalized spacial score (nSPS) is 19.7. The quantitative estimate of drug-likeness (QED) is 0.0286. The molecule has 98 heavy (non-hydrogen) atoms. The van der Waals surface area contributed by atoms with E-state index >= 15 is 0 Å². The van der Waals surface area contributed by atoms with Gasteiger partial charge in [0.2, 0.25) is 70.9 Å². The molecule has 18 N–H and O–H groups in total. The molecule has 542 valence electrons. The number of carboxylic acid groups (broad SMARTS) is 1. The maximum absolute atomic E-state index is 14.6. The van der Waals surface area contributed by atoms with Crippen LogP contribution in [0, 0.1) is 11.8 Å². The highest BCUT2D eigenvalue weighted by Crippen LogP contribution is 2.24. The van der Waals surface area contributed by atoms with E-state index in [1.165, 1.54) is 25.7 Å². The molecule has 2 aromatic rings. The molecule has 2 aromatic carbocycles. The molecule has 0 aromatic heterocycles. The third-order valence-electron chi connectivity index (χ3n) is 17.6. The second-order valence-corrected chi connectivity index (χ2v) is 25.9. The zero-order valence-corrected chi connectivity index (χ0v) is 56.6. The fourth-order valence-corrected chi connectivity index (χ4v) is 11.9. The molecule has 0 unspecified atom stereocenters. The molecule has 15 atom stereocenters. The summed E-state index contributed by atoms with van der Waals surface area (Å²) in [6.45, 7) is 8.76. The van der Waals surface area contributed by atoms with Gasteiger partial charge in [0.05, 0.1) is 31.5 Å². The van der Waals surface area contributed by atoms with Gasteiger partial charge in [-0.15, -0.1) is 0 Å². The van der Waals surface area contributed by atoms with E-state index in [0.29, 0.717) is 31.2 Å². The second kappa shape index (κ2) is 38.5. The molecular weight excluding hydrogens is 1280 g/mol. The summed E-state index contributed by atoms with van der Waals surface area (Å²) in [5, 5.41) is 73.9. The Kier molecular flexibility index (Phi) is 31.4. The Morgan fingerprint density at radius 2 is 0.847 bits per heavy atom. The fraction of sp³-hybridized carbons (Fsp3) is 0.621. The number of hydrogen-bond acceptors (Lipinski definition) is 19. The van der Waals surface area contributed by atoms with Gasteiger partial charge < -0.3 is 99.6 Å². The summed E-state index contributed by atoms with van der Waals surface area (Å²) in [4.78, 5) is 183. The number of aliphatic carboxylic acids is 1. The van der Waals surface area contributed by atoms with Crippen molar-refractivity contribution >= 4 is 76.9 Å². The third kappa shape index (κ3) is 22.4. The minimum absolute atomic E-state index is 0.00960. The van der Waals surface area contributed by atoms with Crippen LogP contribution in [0.3, 0.4) is 0 Å². The molecular formula is C66H100N14O18. The minimum Gasteiger partial charge on any atom is -0.480 e. The van der Waals surface area contributed by atoms with Crippen LogP contribution in [-0.2, 0) is 75.2 Å². The van der Waals surface area contributed by atoms with Crippen molar-refractivity contribution < 1.29 is 87.9 Å². The van der Waals surface area contributed by atoms with E-state index in [9.17, 15) is 87.9 Å². The molecule has 0 spiro atoms. The molecule has 3 saturated heterocycles. The Morgan fingerprint density at radius 1 is 0.449 bits per heavy atom. The van der Waals surface area contributed by atoms with Crippen molar-refractivity contribution in [1.82, 2.24) is 62.6 Å². The number of nitrogens with zero attached hydrogens (tertiary/aromatic N) is 3. The number of amides is 12. The van der Waals surface area contributed by atoms with Crippen molar-refractivity contribution in [3.05, 3.63) is 71.8 Å². The average molecular weight is 1380 g/mol. The summed E-state index contributed by atoms with van der Waals surface area (Å²) in [6, 6.07) is -0.472. The second-order valence-electron chi connectivity index (χ2n) is 25.9. The van der Waals surface area contributed by atoms with Gasteiger partial charge in [0.25, 0.3) is 0 Å². The van der Waals surface area contributed by atoms with E-state index in [1.807, 2.05) is 0 Å². The predicted octanol–water partition coefficient (Wildman–Crippen LogP) is -4.57. The van der Waals surface area contributed by atoms with E-state index in [0.717, 1.165) is 15.4 Å². The first-order chi connectivity index (χ1) is 46.4. The van der Waals surface area contributed by atoms with Crippen LogP contribution in [0.4, 0.5) is 0 Å². The first kappa shape index (κ1) is 80.0. The van der Waals surface area contributed by atoms with Crippen molar-refractivity contribution in [2.75, 3.05) is 39.4 Å². The largest absolute Gasteiger partial charge is 0.480 e. The van der Waals surface area contributed by atoms with Crippen LogP contribution >= 0.6 is 0 Å². The highest BCUT2D eigenvalue weighted by atomic mass is 16.4. The Labute approximate surface area is 569 Å². The average Bonchev–Trinajstić information content (AvgIpc) is 1.57. The monoisotopic (exact) mass is 1380 g/mol. The van der Waals surface area contributed by atoms with E-state index in [-0.39, 0.29) is 71.1 Å². The van der Waals surface area contributed by atoms with Crippen molar-refractivity contribution in [3.8, 4) is 0 Å². The van der Waals surface area contributed by atoms with Crippen LogP contribution in [-0.4, -0.2) is 247 Å². The molecule has 3 fully saturated rings. The molecule has 3 heterocycles. The maximum atomic E-state index is 14.6. The zero-order chi connectivity index (χ0) is 72.7. The number of carbonyl (C=O) groups excluding carboxylic acids is 12. The van der Waals surface area contributed by atoms with E-state index < -0.39 is 193 Å². The minimum atomic E-state index is -1.70. The first-order valence-corrected chi connectivity index (χ1v) is 33.4. The summed E-state index contributed by atoms with van der Waals surface area (Å²) in [6.07, 6.45) is -1.17. The number of likely N-dealkylation sites (tertiary alicyclic amines) is 3. The van der Waals surface area contributed by atoms with Crippen molar-refractivity contribution in [1.29, 1.82) is 0 Å². The van der Waals surface area contributed by atoms with Crippen LogP contribution in [0.2, 0.25) is 0 Å². The van der Waals surface area contributed by atoms with Gasteiger partial charge in [-0.3, -0.25) is 57.5 Å². The number of carbonyl (C=O) groups is 13. The molecule has 5 rings (SSSR count). The standard InChI is InChI=1S/C66H100N14O18/c1-35(2)50(61(92)69-37(5)54(85)73-46(34-82)66(97)98)74-60(91)49-26-18-30-80(49)64(95)52(38(6)83)76-57(88)44(32-41-21-12-9-13-22-41)71-56(87)43(23-14-15-27-67)70-58(89)47-24-17-29-79(47)65(96)53(39(7)84)77-62(93)51(36(3)4)75-59(90)48-25-16-28-78(48)63(94)45(33-81)72-55(86)42(68)31-40-19-10-8-11-20-40/h8-13,19-22,35-39,42-53,81-84H,14-18,23-34,67-68H2,1-7H3,(H,69,92)(H,70,89)(H,71,87)(H,72,86)(H,73,85)(H,74,91)(H,75,90)(H,76,88)(H,77,93)(H,97,98)/t37-,38+,39+,42-,43-,44-,45-,46-,47-,48-,49-,50-,51-,52-,53-/m0/s1. The lowest BCUT2D eigenvalue weighted by Gasteiger charge is -2.33. The smallest absolute Gasteiger partial charge is 0.328 e.